The van der Waals surface area contributed by atoms with Gasteiger partial charge in [0.15, 0.2) is 10.3 Å². The van der Waals surface area contributed by atoms with Crippen molar-refractivity contribution in [1.29, 1.82) is 0 Å². The molecule has 0 bridgehead atoms. The summed E-state index contributed by atoms with van der Waals surface area (Å²) in [6.07, 6.45) is 0. The lowest BCUT2D eigenvalue weighted by Crippen LogP contribution is -2.24. The second kappa shape index (κ2) is 5.70. The fourth-order valence-electron chi connectivity index (χ4n) is 2.49. The van der Waals surface area contributed by atoms with Crippen molar-refractivity contribution in [3.05, 3.63) is 55.7 Å². The van der Waals surface area contributed by atoms with Crippen LogP contribution in [0.5, 0.6) is 0 Å². The molecule has 0 spiro atoms. The van der Waals surface area contributed by atoms with E-state index in [-0.39, 0.29) is 5.56 Å². The van der Waals surface area contributed by atoms with Gasteiger partial charge in [-0.2, -0.15) is 5.10 Å². The van der Waals surface area contributed by atoms with Crippen LogP contribution in [0.4, 0.5) is 0 Å². The number of halogens is 1. The molecule has 0 atom stereocenters. The molecule has 1 aromatic carbocycles. The van der Waals surface area contributed by atoms with Crippen LogP contribution in [-0.2, 0) is 13.1 Å². The van der Waals surface area contributed by atoms with E-state index in [1.165, 1.54) is 0 Å². The van der Waals surface area contributed by atoms with Gasteiger partial charge >= 0.3 is 0 Å². The predicted octanol–water partition coefficient (Wildman–Crippen LogP) is 3.29. The third-order valence-electron chi connectivity index (χ3n) is 3.61. The number of aryl methyl sites for hydroxylation is 2. The second-order valence-corrected chi connectivity index (χ2v) is 5.90. The van der Waals surface area contributed by atoms with Crippen LogP contribution in [0.15, 0.2) is 29.1 Å². The maximum atomic E-state index is 12.8. The Morgan fingerprint density at radius 3 is 2.64 bits per heavy atom. The largest absolute Gasteiger partial charge is 0.329 e. The van der Waals surface area contributed by atoms with E-state index in [4.69, 9.17) is 23.8 Å². The number of H-pyrrole nitrogens is 1. The average Bonchev–Trinajstić information content (AvgIpc) is 2.82. The van der Waals surface area contributed by atoms with Crippen molar-refractivity contribution in [2.45, 2.75) is 26.9 Å². The summed E-state index contributed by atoms with van der Waals surface area (Å²) in [6, 6.07) is 7.37. The second-order valence-electron chi connectivity index (χ2n) is 5.07. The molecule has 0 aliphatic rings. The van der Waals surface area contributed by atoms with E-state index in [0.29, 0.717) is 33.9 Å². The van der Waals surface area contributed by atoms with Crippen LogP contribution >= 0.6 is 23.8 Å². The summed E-state index contributed by atoms with van der Waals surface area (Å²) < 4.78 is 3.65. The van der Waals surface area contributed by atoms with Crippen molar-refractivity contribution in [2.24, 2.45) is 0 Å². The molecule has 0 aliphatic heterocycles. The molecule has 2 aromatic heterocycles. The molecular weight excluding hydrogens is 320 g/mol. The standard InChI is InChI=1S/C15H15ClN4OS/c1-3-20-13-12(9(2)18-20)17-15(22)19(14(13)21)8-10-4-6-11(16)7-5-10/h4-7H,3,8H2,1-2H3,(H,17,22). The van der Waals surface area contributed by atoms with Gasteiger partial charge in [0, 0.05) is 11.6 Å². The third kappa shape index (κ3) is 2.48. The summed E-state index contributed by atoms with van der Waals surface area (Å²) >= 11 is 11.2. The number of hydrogen-bond donors (Lipinski definition) is 1. The first-order valence-corrected chi connectivity index (χ1v) is 7.74. The first kappa shape index (κ1) is 15.0. The summed E-state index contributed by atoms with van der Waals surface area (Å²) in [5.74, 6) is 0. The van der Waals surface area contributed by atoms with E-state index < -0.39 is 0 Å². The Balaban J connectivity index is 2.19. The molecule has 114 valence electrons. The molecule has 7 heteroatoms. The lowest BCUT2D eigenvalue weighted by Gasteiger charge is -2.08. The number of fused-ring (bicyclic) bond motifs is 1. The maximum absolute atomic E-state index is 12.8. The molecule has 22 heavy (non-hydrogen) atoms. The van der Waals surface area contributed by atoms with Crippen LogP contribution in [0.3, 0.4) is 0 Å². The minimum Gasteiger partial charge on any atom is -0.329 e. The van der Waals surface area contributed by atoms with Crippen molar-refractivity contribution in [3.63, 3.8) is 0 Å². The zero-order valence-corrected chi connectivity index (χ0v) is 13.8. The van der Waals surface area contributed by atoms with E-state index in [9.17, 15) is 4.79 Å². The molecular formula is C15H15ClN4OS. The Morgan fingerprint density at radius 1 is 1.32 bits per heavy atom. The van der Waals surface area contributed by atoms with Gasteiger partial charge in [-0.25, -0.2) is 0 Å². The number of aromatic nitrogens is 4. The number of benzene rings is 1. The molecule has 0 unspecified atom stereocenters. The van der Waals surface area contributed by atoms with E-state index in [2.05, 4.69) is 10.1 Å². The van der Waals surface area contributed by atoms with Crippen molar-refractivity contribution in [1.82, 2.24) is 19.3 Å². The molecule has 0 aliphatic carbocycles. The van der Waals surface area contributed by atoms with Crippen molar-refractivity contribution in [2.75, 3.05) is 0 Å². The van der Waals surface area contributed by atoms with E-state index >= 15 is 0 Å². The number of hydrogen-bond acceptors (Lipinski definition) is 3. The molecule has 2 heterocycles. The van der Waals surface area contributed by atoms with Crippen LogP contribution in [-0.4, -0.2) is 19.3 Å². The highest BCUT2D eigenvalue weighted by Gasteiger charge is 2.14. The van der Waals surface area contributed by atoms with E-state index in [0.717, 1.165) is 11.3 Å². The van der Waals surface area contributed by atoms with Gasteiger partial charge in [0.1, 0.15) is 0 Å². The van der Waals surface area contributed by atoms with Gasteiger partial charge in [-0.05, 0) is 43.8 Å². The Labute approximate surface area is 137 Å². The van der Waals surface area contributed by atoms with Crippen LogP contribution in [0.1, 0.15) is 18.2 Å². The third-order valence-corrected chi connectivity index (χ3v) is 4.18. The number of nitrogens with zero attached hydrogens (tertiary/aromatic N) is 3. The van der Waals surface area contributed by atoms with Crippen molar-refractivity contribution in [3.8, 4) is 0 Å². The van der Waals surface area contributed by atoms with Crippen LogP contribution < -0.4 is 5.56 Å². The quantitative estimate of drug-likeness (QED) is 0.748. The summed E-state index contributed by atoms with van der Waals surface area (Å²) in [6.45, 7) is 4.85. The number of nitrogens with one attached hydrogen (secondary N) is 1. The van der Waals surface area contributed by atoms with Crippen molar-refractivity contribution >= 4 is 34.9 Å². The average molecular weight is 335 g/mol. The van der Waals surface area contributed by atoms with Crippen LogP contribution in [0.2, 0.25) is 5.02 Å². The van der Waals surface area contributed by atoms with Gasteiger partial charge in [0.2, 0.25) is 0 Å². The Kier molecular flexibility index (Phi) is 3.88. The van der Waals surface area contributed by atoms with Gasteiger partial charge < -0.3 is 4.98 Å². The molecule has 5 nitrogen and oxygen atoms in total. The zero-order valence-electron chi connectivity index (χ0n) is 12.3. The minimum absolute atomic E-state index is 0.129. The summed E-state index contributed by atoms with van der Waals surface area (Å²) in [7, 11) is 0. The summed E-state index contributed by atoms with van der Waals surface area (Å²) in [5, 5.41) is 5.04. The van der Waals surface area contributed by atoms with E-state index in [1.807, 2.05) is 26.0 Å². The van der Waals surface area contributed by atoms with Gasteiger partial charge in [-0.1, -0.05) is 23.7 Å². The lowest BCUT2D eigenvalue weighted by molar-refractivity contribution is 0.662. The van der Waals surface area contributed by atoms with Crippen molar-refractivity contribution < 1.29 is 0 Å². The summed E-state index contributed by atoms with van der Waals surface area (Å²) in [4.78, 5) is 15.9. The number of aromatic amines is 1. The van der Waals surface area contributed by atoms with Gasteiger partial charge in [-0.3, -0.25) is 14.0 Å². The fourth-order valence-corrected chi connectivity index (χ4v) is 2.86. The lowest BCUT2D eigenvalue weighted by atomic mass is 10.2. The predicted molar refractivity (Wildman–Crippen MR) is 90.1 cm³/mol. The van der Waals surface area contributed by atoms with Crippen LogP contribution in [0.25, 0.3) is 11.0 Å². The molecule has 0 amide bonds. The molecule has 3 rings (SSSR count). The molecule has 0 saturated heterocycles. The molecule has 1 N–H and O–H groups in total. The first-order valence-electron chi connectivity index (χ1n) is 6.96. The highest BCUT2D eigenvalue weighted by atomic mass is 35.5. The zero-order chi connectivity index (χ0) is 15.9. The Hall–Kier alpha value is -1.92. The highest BCUT2D eigenvalue weighted by Crippen LogP contribution is 2.14. The Morgan fingerprint density at radius 2 is 2.00 bits per heavy atom. The topological polar surface area (TPSA) is 55.6 Å². The minimum atomic E-state index is -0.129. The number of rotatable bonds is 3. The normalized spacial score (nSPS) is 11.2. The van der Waals surface area contributed by atoms with E-state index in [1.54, 1.807) is 21.4 Å². The smallest absolute Gasteiger partial charge is 0.280 e. The van der Waals surface area contributed by atoms with Crippen LogP contribution in [0, 0.1) is 11.7 Å². The van der Waals surface area contributed by atoms with Gasteiger partial charge in [0.25, 0.3) is 5.56 Å². The summed E-state index contributed by atoms with van der Waals surface area (Å²) in [5.41, 5.74) is 2.88. The maximum Gasteiger partial charge on any atom is 0.280 e. The first-order chi connectivity index (χ1) is 10.5. The SMILES string of the molecule is CCn1nc(C)c2[nH]c(=S)n(Cc3ccc(Cl)cc3)c(=O)c21. The van der Waals surface area contributed by atoms with Gasteiger partial charge in [0.05, 0.1) is 17.8 Å². The van der Waals surface area contributed by atoms with Gasteiger partial charge in [-0.15, -0.1) is 0 Å². The highest BCUT2D eigenvalue weighted by molar-refractivity contribution is 7.71. The monoisotopic (exact) mass is 334 g/mol. The molecule has 3 aromatic rings. The molecule has 0 fully saturated rings. The molecule has 0 radical (unpaired) electrons. The fraction of sp³-hybridized carbons (Fsp3) is 0.267. The molecule has 0 saturated carbocycles. The Bertz CT molecular complexity index is 953.